The van der Waals surface area contributed by atoms with Crippen LogP contribution in [-0.2, 0) is 15.3 Å². The van der Waals surface area contributed by atoms with Crippen molar-refractivity contribution in [3.63, 3.8) is 0 Å². The van der Waals surface area contributed by atoms with Crippen molar-refractivity contribution in [3.05, 3.63) is 58.6 Å². The summed E-state index contributed by atoms with van der Waals surface area (Å²) in [7, 11) is 0. The van der Waals surface area contributed by atoms with E-state index >= 15 is 0 Å². The fourth-order valence-corrected chi connectivity index (χ4v) is 4.00. The van der Waals surface area contributed by atoms with E-state index in [9.17, 15) is 19.5 Å². The van der Waals surface area contributed by atoms with E-state index in [0.717, 1.165) is 5.56 Å². The van der Waals surface area contributed by atoms with Crippen molar-refractivity contribution < 1.29 is 14.7 Å². The molecule has 1 aromatic heterocycles. The fourth-order valence-electron chi connectivity index (χ4n) is 3.14. The number of nitrogens with zero attached hydrogens (tertiary/aromatic N) is 2. The topological polar surface area (TPSA) is 161 Å². The second-order valence-corrected chi connectivity index (χ2v) is 9.40. The minimum Gasteiger partial charge on any atom is -0.384 e. The Labute approximate surface area is 208 Å². The highest BCUT2D eigenvalue weighted by Gasteiger charge is 2.24. The quantitative estimate of drug-likeness (QED) is 0.248. The predicted octanol–water partition coefficient (Wildman–Crippen LogP) is 2.04. The van der Waals surface area contributed by atoms with E-state index in [1.807, 2.05) is 30.3 Å². The van der Waals surface area contributed by atoms with Crippen LogP contribution >= 0.6 is 11.8 Å². The highest BCUT2D eigenvalue weighted by atomic mass is 32.2. The molecular formula is C24H32N6O4S. The van der Waals surface area contributed by atoms with E-state index in [-0.39, 0.29) is 41.9 Å². The molecule has 5 N–H and O–H groups in total. The van der Waals surface area contributed by atoms with Crippen molar-refractivity contribution in [2.24, 2.45) is 0 Å². The van der Waals surface area contributed by atoms with Gasteiger partial charge in [0.1, 0.15) is 11.6 Å². The zero-order valence-electron chi connectivity index (χ0n) is 20.1. The van der Waals surface area contributed by atoms with Crippen molar-refractivity contribution in [3.8, 4) is 0 Å². The van der Waals surface area contributed by atoms with Crippen LogP contribution in [0, 0.1) is 10.8 Å². The number of aromatic nitrogens is 2. The van der Waals surface area contributed by atoms with Crippen LogP contribution < -0.4 is 16.2 Å². The van der Waals surface area contributed by atoms with Crippen molar-refractivity contribution in [1.29, 1.82) is 10.8 Å². The highest BCUT2D eigenvalue weighted by molar-refractivity contribution is 7.99. The molecule has 0 spiro atoms. The number of hydrogen-bond acceptors (Lipinski definition) is 9. The monoisotopic (exact) mass is 500 g/mol. The van der Waals surface area contributed by atoms with Crippen LogP contribution in [0.1, 0.15) is 38.8 Å². The van der Waals surface area contributed by atoms with Crippen molar-refractivity contribution >= 4 is 40.7 Å². The third kappa shape index (κ3) is 8.45. The molecule has 1 atom stereocenters. The van der Waals surface area contributed by atoms with Crippen LogP contribution in [0.25, 0.3) is 0 Å². The maximum Gasteiger partial charge on any atom is 0.294 e. The van der Waals surface area contributed by atoms with Gasteiger partial charge in [0.15, 0.2) is 11.6 Å². The normalized spacial score (nSPS) is 12.0. The molecule has 2 rings (SSSR count). The number of rotatable bonds is 14. The van der Waals surface area contributed by atoms with Gasteiger partial charge in [-0.3, -0.25) is 19.0 Å². The number of nitrogens with one attached hydrogen (secondary N) is 4. The number of ketones is 1. The molecule has 1 aromatic carbocycles. The lowest BCUT2D eigenvalue weighted by Crippen LogP contribution is -2.41. The third-order valence-electron chi connectivity index (χ3n) is 5.07. The molecule has 35 heavy (non-hydrogen) atoms. The molecule has 2 aromatic rings. The average Bonchev–Trinajstić information content (AvgIpc) is 2.82. The summed E-state index contributed by atoms with van der Waals surface area (Å²) in [5.74, 6) is 0.310. The summed E-state index contributed by atoms with van der Waals surface area (Å²) in [4.78, 5) is 41.8. The number of anilines is 1. The number of hydrogen-bond donors (Lipinski definition) is 5. The largest absolute Gasteiger partial charge is 0.384 e. The number of amides is 1. The van der Waals surface area contributed by atoms with Crippen LogP contribution in [-0.4, -0.2) is 62.2 Å². The average molecular weight is 501 g/mol. The van der Waals surface area contributed by atoms with Crippen molar-refractivity contribution in [1.82, 2.24) is 14.9 Å². The number of carbonyl (C=O) groups is 2. The van der Waals surface area contributed by atoms with Gasteiger partial charge in [0, 0.05) is 18.1 Å². The third-order valence-corrected chi connectivity index (χ3v) is 6.14. The summed E-state index contributed by atoms with van der Waals surface area (Å²) in [6, 6.07) is 8.94. The number of benzene rings is 1. The maximum atomic E-state index is 12.9. The Morgan fingerprint density at radius 1 is 1.20 bits per heavy atom. The molecule has 1 amide bonds. The predicted molar refractivity (Wildman–Crippen MR) is 139 cm³/mol. The van der Waals surface area contributed by atoms with Gasteiger partial charge < -0.3 is 26.6 Å². The van der Waals surface area contributed by atoms with Gasteiger partial charge >= 0.3 is 0 Å². The van der Waals surface area contributed by atoms with Crippen LogP contribution in [0.3, 0.4) is 0 Å². The minimum absolute atomic E-state index is 0.0829. The summed E-state index contributed by atoms with van der Waals surface area (Å²) < 4.78 is 1.23. The summed E-state index contributed by atoms with van der Waals surface area (Å²) in [5.41, 5.74) is -1.40. The summed E-state index contributed by atoms with van der Waals surface area (Å²) in [6.45, 7) is 4.23. The van der Waals surface area contributed by atoms with Crippen LogP contribution in [0.15, 0.2) is 47.5 Å². The molecule has 0 aliphatic rings. The molecule has 11 heteroatoms. The smallest absolute Gasteiger partial charge is 0.294 e. The molecule has 0 aliphatic carbocycles. The summed E-state index contributed by atoms with van der Waals surface area (Å²) >= 11 is 1.47. The molecule has 1 unspecified atom stereocenters. The van der Waals surface area contributed by atoms with Crippen LogP contribution in [0.4, 0.5) is 5.82 Å². The first kappa shape index (κ1) is 27.9. The second-order valence-electron chi connectivity index (χ2n) is 8.41. The molecule has 10 nitrogen and oxygen atoms in total. The Balaban J connectivity index is 1.94. The van der Waals surface area contributed by atoms with Gasteiger partial charge in [-0.1, -0.05) is 37.3 Å². The standard InChI is InChI=1S/C24H32N6O4S/c1-4-19(22(32)29-12-17(31)15-35-14-16-8-6-5-7-9-16)30-11-10-27-21(23(30)33)28-13-18(25)20(26)24(2,3)34/h5-11,19,25-26,34H,4,12-15H2,1-3H3,(H,27,28)(H,29,32). The van der Waals surface area contributed by atoms with E-state index in [1.165, 1.54) is 42.6 Å². The Bertz CT molecular complexity index is 1110. The zero-order valence-corrected chi connectivity index (χ0v) is 20.9. The molecule has 1 heterocycles. The van der Waals surface area contributed by atoms with E-state index in [1.54, 1.807) is 6.92 Å². The Hall–Kier alpha value is -3.31. The van der Waals surface area contributed by atoms with Gasteiger partial charge in [0.05, 0.1) is 30.3 Å². The number of carbonyl (C=O) groups excluding carboxylic acids is 2. The molecular weight excluding hydrogens is 468 g/mol. The first-order valence-corrected chi connectivity index (χ1v) is 12.3. The van der Waals surface area contributed by atoms with Gasteiger partial charge in [0.2, 0.25) is 5.91 Å². The molecule has 0 saturated heterocycles. The summed E-state index contributed by atoms with van der Waals surface area (Å²) in [5, 5.41) is 30.9. The molecule has 0 radical (unpaired) electrons. The lowest BCUT2D eigenvalue weighted by Gasteiger charge is -2.20. The minimum atomic E-state index is -1.48. The highest BCUT2D eigenvalue weighted by Crippen LogP contribution is 2.12. The molecule has 0 bridgehead atoms. The number of thioether (sulfide) groups is 1. The van der Waals surface area contributed by atoms with E-state index in [0.29, 0.717) is 12.2 Å². The van der Waals surface area contributed by atoms with Gasteiger partial charge in [-0.25, -0.2) is 4.98 Å². The van der Waals surface area contributed by atoms with Gasteiger partial charge in [-0.05, 0) is 25.8 Å². The number of aliphatic hydroxyl groups is 1. The second kappa shape index (κ2) is 13.0. The van der Waals surface area contributed by atoms with E-state index in [2.05, 4.69) is 15.6 Å². The van der Waals surface area contributed by atoms with E-state index in [4.69, 9.17) is 10.8 Å². The first-order chi connectivity index (χ1) is 16.5. The van der Waals surface area contributed by atoms with Crippen LogP contribution in [0.5, 0.6) is 0 Å². The Morgan fingerprint density at radius 3 is 2.51 bits per heavy atom. The maximum absolute atomic E-state index is 12.9. The van der Waals surface area contributed by atoms with Gasteiger partial charge in [-0.2, -0.15) is 0 Å². The Morgan fingerprint density at radius 2 is 1.89 bits per heavy atom. The fraction of sp³-hybridized carbons (Fsp3) is 0.417. The zero-order chi connectivity index (χ0) is 26.0. The van der Waals surface area contributed by atoms with Gasteiger partial charge in [0.25, 0.3) is 5.56 Å². The SMILES string of the molecule is CCC(C(=O)NCC(=O)CSCc1ccccc1)n1ccnc(NCC(=N)C(=N)C(C)(C)O)c1=O. The van der Waals surface area contributed by atoms with Gasteiger partial charge in [-0.15, -0.1) is 11.8 Å². The molecule has 188 valence electrons. The van der Waals surface area contributed by atoms with E-state index < -0.39 is 23.1 Å². The number of Topliss-reactive ketones (excluding diaryl/α,β-unsaturated/α-hetero) is 1. The molecule has 0 fully saturated rings. The first-order valence-electron chi connectivity index (χ1n) is 11.2. The van der Waals surface area contributed by atoms with Crippen molar-refractivity contribution in [2.45, 2.75) is 44.6 Å². The molecule has 0 aliphatic heterocycles. The summed E-state index contributed by atoms with van der Waals surface area (Å²) in [6.07, 6.45) is 3.06. The Kier molecular flexibility index (Phi) is 10.3. The lowest BCUT2D eigenvalue weighted by molar-refractivity contribution is -0.127. The lowest BCUT2D eigenvalue weighted by atomic mass is 9.99. The molecule has 0 saturated carbocycles. The van der Waals surface area contributed by atoms with Crippen molar-refractivity contribution in [2.75, 3.05) is 24.2 Å². The van der Waals surface area contributed by atoms with Crippen LogP contribution in [0.2, 0.25) is 0 Å².